The van der Waals surface area contributed by atoms with E-state index in [1.54, 1.807) is 6.07 Å². The van der Waals surface area contributed by atoms with E-state index in [9.17, 15) is 9.59 Å². The van der Waals surface area contributed by atoms with Gasteiger partial charge in [0.25, 0.3) is 5.91 Å². The van der Waals surface area contributed by atoms with Crippen LogP contribution in [-0.4, -0.2) is 34.5 Å². The molecule has 100 valence electrons. The first-order valence-electron chi connectivity index (χ1n) is 5.84. The lowest BCUT2D eigenvalue weighted by Gasteiger charge is -2.31. The van der Waals surface area contributed by atoms with Gasteiger partial charge >= 0.3 is 5.97 Å². The molecule has 0 aliphatic heterocycles. The fourth-order valence-corrected chi connectivity index (χ4v) is 2.69. The minimum atomic E-state index is -1.23. The van der Waals surface area contributed by atoms with Crippen molar-refractivity contribution in [1.82, 2.24) is 4.90 Å². The van der Waals surface area contributed by atoms with Crippen molar-refractivity contribution in [2.24, 2.45) is 0 Å². The Morgan fingerprint density at radius 3 is 2.47 bits per heavy atom. The molecule has 2 aromatic rings. The van der Waals surface area contributed by atoms with Crippen molar-refractivity contribution in [2.75, 3.05) is 7.05 Å². The molecule has 4 nitrogen and oxygen atoms in total. The Kier molecular flexibility index (Phi) is 3.32. The van der Waals surface area contributed by atoms with E-state index in [1.165, 1.54) is 37.1 Å². The van der Waals surface area contributed by atoms with Crippen molar-refractivity contribution in [2.45, 2.75) is 19.4 Å². The van der Waals surface area contributed by atoms with Gasteiger partial charge < -0.3 is 10.0 Å². The van der Waals surface area contributed by atoms with E-state index in [4.69, 9.17) is 5.11 Å². The monoisotopic (exact) mass is 277 g/mol. The number of carboxylic acids is 1. The highest BCUT2D eigenvalue weighted by Crippen LogP contribution is 2.27. The SMILES string of the molecule is CN(C(=O)c1cc2ccccc2s1)C(C)(C)C(=O)O. The van der Waals surface area contributed by atoms with Crippen LogP contribution in [0.3, 0.4) is 0 Å². The second kappa shape index (κ2) is 4.66. The first-order chi connectivity index (χ1) is 8.84. The molecule has 1 amide bonds. The van der Waals surface area contributed by atoms with Crippen molar-refractivity contribution in [3.63, 3.8) is 0 Å². The van der Waals surface area contributed by atoms with Gasteiger partial charge in [-0.25, -0.2) is 4.79 Å². The summed E-state index contributed by atoms with van der Waals surface area (Å²) in [4.78, 5) is 25.3. The normalized spacial score (nSPS) is 11.5. The summed E-state index contributed by atoms with van der Waals surface area (Å²) in [5.41, 5.74) is -1.23. The van der Waals surface area contributed by atoms with Crippen molar-refractivity contribution >= 4 is 33.3 Å². The molecule has 0 bridgehead atoms. The zero-order valence-corrected chi connectivity index (χ0v) is 11.8. The molecule has 0 aliphatic carbocycles. The van der Waals surface area contributed by atoms with E-state index in [0.717, 1.165) is 10.1 Å². The molecule has 2 rings (SSSR count). The van der Waals surface area contributed by atoms with Gasteiger partial charge in [0.15, 0.2) is 0 Å². The van der Waals surface area contributed by atoms with E-state index in [0.29, 0.717) is 4.88 Å². The topological polar surface area (TPSA) is 57.6 Å². The number of rotatable bonds is 3. The minimum Gasteiger partial charge on any atom is -0.480 e. The molecule has 19 heavy (non-hydrogen) atoms. The summed E-state index contributed by atoms with van der Waals surface area (Å²) in [6, 6.07) is 9.51. The van der Waals surface area contributed by atoms with Crippen LogP contribution in [0.15, 0.2) is 30.3 Å². The Labute approximate surface area is 115 Å². The molecule has 1 N–H and O–H groups in total. The van der Waals surface area contributed by atoms with Crippen molar-refractivity contribution in [3.8, 4) is 0 Å². The lowest BCUT2D eigenvalue weighted by Crippen LogP contribution is -2.50. The van der Waals surface area contributed by atoms with E-state index in [2.05, 4.69) is 0 Å². The van der Waals surface area contributed by atoms with Gasteiger partial charge in [0.1, 0.15) is 5.54 Å². The van der Waals surface area contributed by atoms with E-state index in [-0.39, 0.29) is 5.91 Å². The fraction of sp³-hybridized carbons (Fsp3) is 0.286. The minimum absolute atomic E-state index is 0.270. The predicted octanol–water partition coefficient (Wildman–Crippen LogP) is 2.84. The molecule has 0 spiro atoms. The van der Waals surface area contributed by atoms with E-state index >= 15 is 0 Å². The van der Waals surface area contributed by atoms with Gasteiger partial charge in [-0.15, -0.1) is 11.3 Å². The van der Waals surface area contributed by atoms with Crippen molar-refractivity contribution in [1.29, 1.82) is 0 Å². The van der Waals surface area contributed by atoms with Gasteiger partial charge in [-0.05, 0) is 31.4 Å². The summed E-state index contributed by atoms with van der Waals surface area (Å²) in [6.07, 6.45) is 0. The molecule has 0 fully saturated rings. The molecule has 0 saturated heterocycles. The summed E-state index contributed by atoms with van der Waals surface area (Å²) < 4.78 is 1.02. The molecule has 1 aromatic heterocycles. The predicted molar refractivity (Wildman–Crippen MR) is 75.6 cm³/mol. The summed E-state index contributed by atoms with van der Waals surface area (Å²) in [6.45, 7) is 3.03. The van der Waals surface area contributed by atoms with Gasteiger partial charge in [0, 0.05) is 11.7 Å². The Morgan fingerprint density at radius 2 is 1.89 bits per heavy atom. The smallest absolute Gasteiger partial charge is 0.329 e. The van der Waals surface area contributed by atoms with Gasteiger partial charge in [0.05, 0.1) is 4.88 Å². The fourth-order valence-electron chi connectivity index (χ4n) is 1.65. The van der Waals surface area contributed by atoms with Crippen LogP contribution in [0.5, 0.6) is 0 Å². The molecular weight excluding hydrogens is 262 g/mol. The Hall–Kier alpha value is -1.88. The Morgan fingerprint density at radius 1 is 1.26 bits per heavy atom. The van der Waals surface area contributed by atoms with E-state index in [1.807, 2.05) is 24.3 Å². The second-order valence-electron chi connectivity index (χ2n) is 4.88. The van der Waals surface area contributed by atoms with Crippen LogP contribution in [0, 0.1) is 0 Å². The zero-order chi connectivity index (χ0) is 14.2. The number of carbonyl (C=O) groups excluding carboxylic acids is 1. The summed E-state index contributed by atoms with van der Waals surface area (Å²) in [5, 5.41) is 10.2. The maximum Gasteiger partial charge on any atom is 0.329 e. The number of likely N-dealkylation sites (N-methyl/N-ethyl adjacent to an activating group) is 1. The van der Waals surface area contributed by atoms with Gasteiger partial charge in [-0.2, -0.15) is 0 Å². The number of carbonyl (C=O) groups is 2. The number of thiophene rings is 1. The lowest BCUT2D eigenvalue weighted by molar-refractivity contribution is -0.147. The van der Waals surface area contributed by atoms with Crippen molar-refractivity contribution < 1.29 is 14.7 Å². The highest BCUT2D eigenvalue weighted by molar-refractivity contribution is 7.20. The van der Waals surface area contributed by atoms with Crippen LogP contribution in [0.4, 0.5) is 0 Å². The number of amides is 1. The molecule has 1 heterocycles. The first-order valence-corrected chi connectivity index (χ1v) is 6.66. The first kappa shape index (κ1) is 13.5. The highest BCUT2D eigenvalue weighted by atomic mass is 32.1. The quantitative estimate of drug-likeness (QED) is 0.938. The molecule has 5 heteroatoms. The third kappa shape index (κ3) is 2.33. The number of benzene rings is 1. The summed E-state index contributed by atoms with van der Waals surface area (Å²) in [5.74, 6) is -1.29. The van der Waals surface area contributed by atoms with Crippen molar-refractivity contribution in [3.05, 3.63) is 35.2 Å². The number of hydrogen-bond donors (Lipinski definition) is 1. The lowest BCUT2D eigenvalue weighted by atomic mass is 10.0. The molecular formula is C14H15NO3S. The Bertz CT molecular complexity index is 612. The molecule has 0 aliphatic rings. The Balaban J connectivity index is 2.36. The van der Waals surface area contributed by atoms with Crippen LogP contribution in [0.2, 0.25) is 0 Å². The zero-order valence-electron chi connectivity index (χ0n) is 11.0. The largest absolute Gasteiger partial charge is 0.480 e. The average molecular weight is 277 g/mol. The number of fused-ring (bicyclic) bond motifs is 1. The molecule has 1 aromatic carbocycles. The van der Waals surface area contributed by atoms with Gasteiger partial charge in [0.2, 0.25) is 0 Å². The van der Waals surface area contributed by atoms with Crippen LogP contribution < -0.4 is 0 Å². The van der Waals surface area contributed by atoms with Crippen LogP contribution in [0.25, 0.3) is 10.1 Å². The van der Waals surface area contributed by atoms with Crippen LogP contribution in [0.1, 0.15) is 23.5 Å². The molecule has 0 unspecified atom stereocenters. The third-order valence-electron chi connectivity index (χ3n) is 3.30. The summed E-state index contributed by atoms with van der Waals surface area (Å²) >= 11 is 1.38. The molecule has 0 saturated carbocycles. The molecule has 0 radical (unpaired) electrons. The third-order valence-corrected chi connectivity index (χ3v) is 4.41. The average Bonchev–Trinajstić information content (AvgIpc) is 2.80. The maximum absolute atomic E-state index is 12.3. The molecule has 0 atom stereocenters. The number of hydrogen-bond acceptors (Lipinski definition) is 3. The number of carboxylic acid groups (broad SMARTS) is 1. The number of nitrogens with zero attached hydrogens (tertiary/aromatic N) is 1. The maximum atomic E-state index is 12.3. The van der Waals surface area contributed by atoms with Crippen LogP contribution in [-0.2, 0) is 4.79 Å². The van der Waals surface area contributed by atoms with E-state index < -0.39 is 11.5 Å². The standard InChI is InChI=1S/C14H15NO3S/c1-14(2,13(17)18)15(3)12(16)11-8-9-6-4-5-7-10(9)19-11/h4-8H,1-3H3,(H,17,18). The van der Waals surface area contributed by atoms with Gasteiger partial charge in [-0.3, -0.25) is 4.79 Å². The number of aliphatic carboxylic acids is 1. The second-order valence-corrected chi connectivity index (χ2v) is 5.96. The summed E-state index contributed by atoms with van der Waals surface area (Å²) in [7, 11) is 1.51. The van der Waals surface area contributed by atoms with Crippen LogP contribution >= 0.6 is 11.3 Å². The highest BCUT2D eigenvalue weighted by Gasteiger charge is 2.36. The van der Waals surface area contributed by atoms with Gasteiger partial charge in [-0.1, -0.05) is 18.2 Å².